The molecule has 1 N–H and O–H groups in total. The van der Waals surface area contributed by atoms with Crippen LogP contribution in [-0.4, -0.2) is 44.3 Å². The van der Waals surface area contributed by atoms with Crippen molar-refractivity contribution in [2.75, 3.05) is 17.4 Å². The Bertz CT molecular complexity index is 1410. The predicted octanol–water partition coefficient (Wildman–Crippen LogP) is 5.73. The maximum Gasteiger partial charge on any atom is 0.264 e. The van der Waals surface area contributed by atoms with E-state index in [0.29, 0.717) is 23.7 Å². The van der Waals surface area contributed by atoms with E-state index in [1.165, 1.54) is 17.0 Å². The van der Waals surface area contributed by atoms with E-state index in [-0.39, 0.29) is 23.3 Å². The highest BCUT2D eigenvalue weighted by atomic mass is 35.5. The molecule has 3 rings (SSSR count). The van der Waals surface area contributed by atoms with Gasteiger partial charge in [0, 0.05) is 18.1 Å². The van der Waals surface area contributed by atoms with Crippen LogP contribution in [0.2, 0.25) is 5.02 Å². The van der Waals surface area contributed by atoms with Gasteiger partial charge in [-0.2, -0.15) is 0 Å². The lowest BCUT2D eigenvalue weighted by Crippen LogP contribution is -2.52. The first-order valence-electron chi connectivity index (χ1n) is 13.4. The Morgan fingerprint density at radius 2 is 1.57 bits per heavy atom. The minimum Gasteiger partial charge on any atom is -0.354 e. The van der Waals surface area contributed by atoms with Crippen LogP contribution in [-0.2, 0) is 26.2 Å². The molecule has 7 nitrogen and oxygen atoms in total. The first-order chi connectivity index (χ1) is 18.9. The summed E-state index contributed by atoms with van der Waals surface area (Å²) in [5, 5.41) is 3.38. The smallest absolute Gasteiger partial charge is 0.264 e. The number of sulfonamides is 1. The van der Waals surface area contributed by atoms with E-state index in [2.05, 4.69) is 5.32 Å². The summed E-state index contributed by atoms with van der Waals surface area (Å²) in [4.78, 5) is 28.9. The van der Waals surface area contributed by atoms with E-state index in [0.717, 1.165) is 21.0 Å². The molecule has 2 amide bonds. The molecule has 0 aliphatic rings. The van der Waals surface area contributed by atoms with Crippen molar-refractivity contribution in [1.82, 2.24) is 10.2 Å². The van der Waals surface area contributed by atoms with Gasteiger partial charge in [-0.15, -0.1) is 0 Å². The van der Waals surface area contributed by atoms with E-state index in [1.54, 1.807) is 36.4 Å². The zero-order chi connectivity index (χ0) is 29.4. The molecule has 1 atom stereocenters. The maximum atomic E-state index is 14.1. The summed E-state index contributed by atoms with van der Waals surface area (Å²) in [6.45, 7) is 9.81. The molecule has 0 aromatic heterocycles. The Morgan fingerprint density at radius 3 is 2.15 bits per heavy atom. The van der Waals surface area contributed by atoms with Gasteiger partial charge in [0.2, 0.25) is 11.8 Å². The van der Waals surface area contributed by atoms with Gasteiger partial charge >= 0.3 is 0 Å². The number of rotatable bonds is 12. The van der Waals surface area contributed by atoms with Crippen LogP contribution in [0.25, 0.3) is 0 Å². The quantitative estimate of drug-likeness (QED) is 0.295. The fourth-order valence-corrected chi connectivity index (χ4v) is 5.86. The second-order valence-electron chi connectivity index (χ2n) is 10.4. The van der Waals surface area contributed by atoms with Crippen molar-refractivity contribution in [1.29, 1.82) is 0 Å². The van der Waals surface area contributed by atoms with Gasteiger partial charge in [-0.05, 0) is 68.1 Å². The molecule has 0 radical (unpaired) electrons. The average Bonchev–Trinajstić information content (AvgIpc) is 2.91. The molecule has 3 aromatic carbocycles. The van der Waals surface area contributed by atoms with Gasteiger partial charge in [-0.3, -0.25) is 13.9 Å². The third kappa shape index (κ3) is 8.08. The minimum absolute atomic E-state index is 0.0628. The number of aryl methyl sites for hydroxylation is 2. The summed E-state index contributed by atoms with van der Waals surface area (Å²) in [5.41, 5.74) is 3.08. The summed E-state index contributed by atoms with van der Waals surface area (Å²) in [7, 11) is -4.12. The number of carbonyl (C=O) groups is 2. The Morgan fingerprint density at radius 1 is 0.925 bits per heavy atom. The monoisotopic (exact) mass is 583 g/mol. The van der Waals surface area contributed by atoms with Crippen molar-refractivity contribution < 1.29 is 18.0 Å². The Balaban J connectivity index is 2.04. The molecule has 0 unspecified atom stereocenters. The fourth-order valence-electron chi connectivity index (χ4n) is 4.32. The van der Waals surface area contributed by atoms with Gasteiger partial charge in [-0.1, -0.05) is 79.9 Å². The van der Waals surface area contributed by atoms with Crippen LogP contribution in [0, 0.1) is 19.8 Å². The summed E-state index contributed by atoms with van der Waals surface area (Å²) in [6.07, 6.45) is 0.368. The molecule has 0 fully saturated rings. The van der Waals surface area contributed by atoms with Crippen molar-refractivity contribution in [2.24, 2.45) is 5.92 Å². The van der Waals surface area contributed by atoms with Crippen LogP contribution in [0.3, 0.4) is 0 Å². The molecule has 0 saturated heterocycles. The Labute approximate surface area is 243 Å². The van der Waals surface area contributed by atoms with Crippen molar-refractivity contribution in [3.8, 4) is 0 Å². The lowest BCUT2D eigenvalue weighted by Gasteiger charge is -2.33. The first-order valence-corrected chi connectivity index (χ1v) is 15.2. The molecule has 0 spiro atoms. The highest BCUT2D eigenvalue weighted by Gasteiger charge is 2.33. The number of anilines is 1. The lowest BCUT2D eigenvalue weighted by molar-refractivity contribution is -0.140. The number of nitrogens with zero attached hydrogens (tertiary/aromatic N) is 2. The van der Waals surface area contributed by atoms with Crippen LogP contribution in [0.5, 0.6) is 0 Å². The lowest BCUT2D eigenvalue weighted by atomic mass is 10.1. The zero-order valence-corrected chi connectivity index (χ0v) is 25.3. The third-order valence-electron chi connectivity index (χ3n) is 6.51. The van der Waals surface area contributed by atoms with Gasteiger partial charge in [-0.25, -0.2) is 8.42 Å². The van der Waals surface area contributed by atoms with E-state index in [4.69, 9.17) is 11.6 Å². The largest absolute Gasteiger partial charge is 0.354 e. The molecular formula is C31H38ClN3O4S. The molecule has 0 bridgehead atoms. The summed E-state index contributed by atoms with van der Waals surface area (Å²) in [5.74, 6) is -0.516. The molecule has 0 saturated carbocycles. The molecule has 214 valence electrons. The highest BCUT2D eigenvalue weighted by Crippen LogP contribution is 2.26. The van der Waals surface area contributed by atoms with E-state index in [1.807, 2.05) is 58.9 Å². The molecule has 40 heavy (non-hydrogen) atoms. The minimum atomic E-state index is -4.12. The standard InChI is InChI=1S/C31H38ClN3O4S/c1-6-29(31(37)33-19-22(2)3)34(20-25-9-7-8-24(5)18-25)30(36)21-35(27-14-12-26(32)13-15-27)40(38,39)28-16-10-23(4)11-17-28/h7-18,22,29H,6,19-21H2,1-5H3,(H,33,37)/t29-/m1/s1. The number of amides is 2. The van der Waals surface area contributed by atoms with Gasteiger partial charge < -0.3 is 10.2 Å². The second-order valence-corrected chi connectivity index (χ2v) is 12.7. The normalized spacial score (nSPS) is 12.2. The zero-order valence-electron chi connectivity index (χ0n) is 23.7. The average molecular weight is 584 g/mol. The van der Waals surface area contributed by atoms with Crippen molar-refractivity contribution >= 4 is 39.1 Å². The third-order valence-corrected chi connectivity index (χ3v) is 8.55. The topological polar surface area (TPSA) is 86.8 Å². The van der Waals surface area contributed by atoms with Crippen LogP contribution in [0.4, 0.5) is 5.69 Å². The summed E-state index contributed by atoms with van der Waals surface area (Å²) in [6, 6.07) is 19.7. The molecule has 0 heterocycles. The number of nitrogens with one attached hydrogen (secondary N) is 1. The second kappa shape index (κ2) is 13.8. The van der Waals surface area contributed by atoms with Gasteiger partial charge in [0.1, 0.15) is 12.6 Å². The van der Waals surface area contributed by atoms with Gasteiger partial charge in [0.25, 0.3) is 10.0 Å². The molecular weight excluding hydrogens is 546 g/mol. The van der Waals surface area contributed by atoms with Crippen LogP contribution in [0.1, 0.15) is 43.9 Å². The number of benzene rings is 3. The van der Waals surface area contributed by atoms with E-state index in [9.17, 15) is 18.0 Å². The maximum absolute atomic E-state index is 14.1. The number of carbonyl (C=O) groups excluding carboxylic acids is 2. The van der Waals surface area contributed by atoms with E-state index >= 15 is 0 Å². The SMILES string of the molecule is CC[C@H](C(=O)NCC(C)C)N(Cc1cccc(C)c1)C(=O)CN(c1ccc(Cl)cc1)S(=O)(=O)c1ccc(C)cc1. The van der Waals surface area contributed by atoms with Crippen molar-refractivity contribution in [3.05, 3.63) is 94.5 Å². The first kappa shape index (κ1) is 31.2. The Hall–Kier alpha value is -3.36. The van der Waals surface area contributed by atoms with E-state index < -0.39 is 28.5 Å². The van der Waals surface area contributed by atoms with Crippen LogP contribution in [0.15, 0.2) is 77.7 Å². The molecule has 9 heteroatoms. The van der Waals surface area contributed by atoms with Gasteiger partial charge in [0.15, 0.2) is 0 Å². The molecule has 0 aliphatic carbocycles. The summed E-state index contributed by atoms with van der Waals surface area (Å²) >= 11 is 6.08. The summed E-state index contributed by atoms with van der Waals surface area (Å²) < 4.78 is 28.8. The number of halogens is 1. The number of hydrogen-bond donors (Lipinski definition) is 1. The number of hydrogen-bond acceptors (Lipinski definition) is 4. The Kier molecular flexibility index (Phi) is 10.8. The highest BCUT2D eigenvalue weighted by molar-refractivity contribution is 7.92. The molecule has 3 aromatic rings. The van der Waals surface area contributed by atoms with Crippen molar-refractivity contribution in [2.45, 2.75) is 58.5 Å². The van der Waals surface area contributed by atoms with Crippen LogP contribution >= 0.6 is 11.6 Å². The van der Waals surface area contributed by atoms with Crippen molar-refractivity contribution in [3.63, 3.8) is 0 Å². The van der Waals surface area contributed by atoms with Gasteiger partial charge in [0.05, 0.1) is 10.6 Å². The fraction of sp³-hybridized carbons (Fsp3) is 0.355. The predicted molar refractivity (Wildman–Crippen MR) is 161 cm³/mol. The van der Waals surface area contributed by atoms with Crippen LogP contribution < -0.4 is 9.62 Å². The molecule has 0 aliphatic heterocycles.